The molecule has 0 unspecified atom stereocenters. The van der Waals surface area contributed by atoms with Crippen molar-refractivity contribution in [1.29, 1.82) is 0 Å². The summed E-state index contributed by atoms with van der Waals surface area (Å²) in [4.78, 5) is 14.5. The Labute approximate surface area is 117 Å². The highest BCUT2D eigenvalue weighted by Gasteiger charge is 2.09. The highest BCUT2D eigenvalue weighted by molar-refractivity contribution is 7.87. The number of para-hydroxylation sites is 2. The normalized spacial score (nSPS) is 12.1. The van der Waals surface area contributed by atoms with Crippen molar-refractivity contribution < 1.29 is 8.42 Å². The van der Waals surface area contributed by atoms with Crippen molar-refractivity contribution in [2.45, 2.75) is 19.9 Å². The number of H-pyrrole nitrogens is 1. The summed E-state index contributed by atoms with van der Waals surface area (Å²) in [7, 11) is -3.49. The molecule has 20 heavy (non-hydrogen) atoms. The largest absolute Gasteiger partial charge is 0.326 e. The minimum atomic E-state index is -3.49. The van der Waals surface area contributed by atoms with Crippen molar-refractivity contribution in [2.24, 2.45) is 0 Å². The standard InChI is InChI=1S/C12H18N4O3S/c1-2-7-13-20(18,19)14-8-9-16-11-6-4-3-5-10(11)15-12(16)17/h3-6,13-14H,2,7-9H2,1H3,(H,15,17). The predicted molar refractivity (Wildman–Crippen MR) is 77.8 cm³/mol. The smallest absolute Gasteiger partial charge is 0.306 e. The Morgan fingerprint density at radius 1 is 1.20 bits per heavy atom. The minimum absolute atomic E-state index is 0.154. The first-order chi connectivity index (χ1) is 9.53. The zero-order valence-corrected chi connectivity index (χ0v) is 12.0. The van der Waals surface area contributed by atoms with Gasteiger partial charge in [0.2, 0.25) is 0 Å². The summed E-state index contributed by atoms with van der Waals surface area (Å²) in [5, 5.41) is 0. The third-order valence-electron chi connectivity index (χ3n) is 2.85. The number of rotatable bonds is 7. The molecule has 0 atom stereocenters. The molecule has 1 aromatic carbocycles. The summed E-state index contributed by atoms with van der Waals surface area (Å²) >= 11 is 0. The molecule has 0 amide bonds. The maximum absolute atomic E-state index is 11.8. The van der Waals surface area contributed by atoms with Crippen LogP contribution in [-0.2, 0) is 16.8 Å². The molecule has 0 saturated heterocycles. The Hall–Kier alpha value is -1.64. The third-order valence-corrected chi connectivity index (χ3v) is 4.02. The Morgan fingerprint density at radius 2 is 1.90 bits per heavy atom. The molecule has 0 aliphatic heterocycles. The van der Waals surface area contributed by atoms with Gasteiger partial charge < -0.3 is 4.98 Å². The molecule has 7 nitrogen and oxygen atoms in total. The molecule has 1 heterocycles. The summed E-state index contributed by atoms with van der Waals surface area (Å²) < 4.78 is 29.4. The number of benzene rings is 1. The average molecular weight is 298 g/mol. The van der Waals surface area contributed by atoms with Crippen LogP contribution < -0.4 is 15.1 Å². The Balaban J connectivity index is 2.03. The second kappa shape index (κ2) is 6.21. The molecule has 0 saturated carbocycles. The van der Waals surface area contributed by atoms with Crippen LogP contribution in [0, 0.1) is 0 Å². The molecule has 2 aromatic rings. The maximum atomic E-state index is 11.8. The van der Waals surface area contributed by atoms with Gasteiger partial charge in [-0.15, -0.1) is 0 Å². The Morgan fingerprint density at radius 3 is 2.65 bits per heavy atom. The molecule has 8 heteroatoms. The molecule has 110 valence electrons. The summed E-state index contributed by atoms with van der Waals surface area (Å²) in [6.45, 7) is 2.70. The van der Waals surface area contributed by atoms with E-state index in [1.807, 2.05) is 25.1 Å². The molecule has 2 rings (SSSR count). The van der Waals surface area contributed by atoms with E-state index in [4.69, 9.17) is 0 Å². The zero-order chi connectivity index (χ0) is 14.6. The van der Waals surface area contributed by atoms with Crippen LogP contribution in [0.25, 0.3) is 11.0 Å². The number of aromatic nitrogens is 2. The number of nitrogens with zero attached hydrogens (tertiary/aromatic N) is 1. The molecule has 0 bridgehead atoms. The highest BCUT2D eigenvalue weighted by Crippen LogP contribution is 2.08. The van der Waals surface area contributed by atoms with E-state index >= 15 is 0 Å². The van der Waals surface area contributed by atoms with Crippen molar-refractivity contribution in [2.75, 3.05) is 13.1 Å². The summed E-state index contributed by atoms with van der Waals surface area (Å²) in [6, 6.07) is 7.29. The second-order valence-electron chi connectivity index (χ2n) is 4.39. The van der Waals surface area contributed by atoms with Crippen LogP contribution in [0.4, 0.5) is 0 Å². The molecular weight excluding hydrogens is 280 g/mol. The van der Waals surface area contributed by atoms with Crippen LogP contribution >= 0.6 is 0 Å². The van der Waals surface area contributed by atoms with Crippen molar-refractivity contribution >= 4 is 21.2 Å². The SMILES string of the molecule is CCCNS(=O)(=O)NCCn1c(=O)[nH]c2ccccc21. The van der Waals surface area contributed by atoms with Crippen LogP contribution in [0.15, 0.2) is 29.1 Å². The summed E-state index contributed by atoms with van der Waals surface area (Å²) in [6.07, 6.45) is 0.725. The number of nitrogens with one attached hydrogen (secondary N) is 3. The van der Waals surface area contributed by atoms with Crippen molar-refractivity contribution in [1.82, 2.24) is 19.0 Å². The molecule has 0 aliphatic rings. The molecule has 1 aromatic heterocycles. The van der Waals surface area contributed by atoms with Crippen molar-refractivity contribution in [3.63, 3.8) is 0 Å². The second-order valence-corrected chi connectivity index (χ2v) is 5.98. The van der Waals surface area contributed by atoms with Crippen LogP contribution in [-0.4, -0.2) is 31.1 Å². The average Bonchev–Trinajstić information content (AvgIpc) is 2.73. The first-order valence-electron chi connectivity index (χ1n) is 6.45. The van der Waals surface area contributed by atoms with E-state index in [-0.39, 0.29) is 18.8 Å². The van der Waals surface area contributed by atoms with Crippen LogP contribution in [0.1, 0.15) is 13.3 Å². The summed E-state index contributed by atoms with van der Waals surface area (Å²) in [5.41, 5.74) is 1.26. The molecular formula is C12H18N4O3S. The van der Waals surface area contributed by atoms with E-state index in [1.54, 1.807) is 6.07 Å². The first-order valence-corrected chi connectivity index (χ1v) is 7.93. The van der Waals surface area contributed by atoms with Gasteiger partial charge in [0.1, 0.15) is 0 Å². The first kappa shape index (κ1) is 14.8. The molecule has 0 spiro atoms. The number of hydrogen-bond donors (Lipinski definition) is 3. The molecule has 0 fully saturated rings. The van der Waals surface area contributed by atoms with E-state index in [0.717, 1.165) is 17.5 Å². The van der Waals surface area contributed by atoms with Crippen LogP contribution in [0.3, 0.4) is 0 Å². The van der Waals surface area contributed by atoms with Gasteiger partial charge in [-0.05, 0) is 18.6 Å². The molecule has 3 N–H and O–H groups in total. The monoisotopic (exact) mass is 298 g/mol. The quantitative estimate of drug-likeness (QED) is 0.679. The molecule has 0 aliphatic carbocycles. The van der Waals surface area contributed by atoms with Gasteiger partial charge in [-0.2, -0.15) is 8.42 Å². The van der Waals surface area contributed by atoms with Gasteiger partial charge >= 0.3 is 5.69 Å². The predicted octanol–water partition coefficient (Wildman–Crippen LogP) is 0.164. The molecule has 0 radical (unpaired) electrons. The van der Waals surface area contributed by atoms with Crippen molar-refractivity contribution in [3.8, 4) is 0 Å². The fourth-order valence-electron chi connectivity index (χ4n) is 1.91. The number of hydrogen-bond acceptors (Lipinski definition) is 3. The number of imidazole rings is 1. The number of aromatic amines is 1. The van der Waals surface area contributed by atoms with E-state index in [2.05, 4.69) is 14.4 Å². The lowest BCUT2D eigenvalue weighted by Gasteiger charge is -2.08. The van der Waals surface area contributed by atoms with Crippen LogP contribution in [0.2, 0.25) is 0 Å². The Bertz CT molecular complexity index is 732. The topological polar surface area (TPSA) is 96.0 Å². The fourth-order valence-corrected chi connectivity index (χ4v) is 2.84. The van der Waals surface area contributed by atoms with Crippen molar-refractivity contribution in [3.05, 3.63) is 34.7 Å². The lowest BCUT2D eigenvalue weighted by Crippen LogP contribution is -2.39. The van der Waals surface area contributed by atoms with E-state index < -0.39 is 10.2 Å². The van der Waals surface area contributed by atoms with Gasteiger partial charge in [-0.1, -0.05) is 19.1 Å². The zero-order valence-electron chi connectivity index (χ0n) is 11.2. The lowest BCUT2D eigenvalue weighted by atomic mass is 10.3. The number of fused-ring (bicyclic) bond motifs is 1. The van der Waals surface area contributed by atoms with Gasteiger partial charge in [0.05, 0.1) is 11.0 Å². The fraction of sp³-hybridized carbons (Fsp3) is 0.417. The van der Waals surface area contributed by atoms with E-state index in [9.17, 15) is 13.2 Å². The lowest BCUT2D eigenvalue weighted by molar-refractivity contribution is 0.558. The van der Waals surface area contributed by atoms with E-state index in [1.165, 1.54) is 4.57 Å². The van der Waals surface area contributed by atoms with Crippen LogP contribution in [0.5, 0.6) is 0 Å². The highest BCUT2D eigenvalue weighted by atomic mass is 32.2. The van der Waals surface area contributed by atoms with Gasteiger partial charge in [0, 0.05) is 19.6 Å². The van der Waals surface area contributed by atoms with Gasteiger partial charge in [0.25, 0.3) is 10.2 Å². The minimum Gasteiger partial charge on any atom is -0.306 e. The Kier molecular flexibility index (Phi) is 4.58. The maximum Gasteiger partial charge on any atom is 0.326 e. The van der Waals surface area contributed by atoms with E-state index in [0.29, 0.717) is 6.54 Å². The summed E-state index contributed by atoms with van der Waals surface area (Å²) in [5.74, 6) is 0. The van der Waals surface area contributed by atoms with Gasteiger partial charge in [-0.3, -0.25) is 4.57 Å². The van der Waals surface area contributed by atoms with Gasteiger partial charge in [-0.25, -0.2) is 14.2 Å². The van der Waals surface area contributed by atoms with Gasteiger partial charge in [0.15, 0.2) is 0 Å². The third kappa shape index (κ3) is 3.47.